The SMILES string of the molecule is CCNC(=NCc1nncn1CC)N(C)Cc1ccccc1C.I. The van der Waals surface area contributed by atoms with Crippen LogP contribution in [0.25, 0.3) is 0 Å². The molecule has 1 N–H and O–H groups in total. The van der Waals surface area contributed by atoms with Crippen molar-refractivity contribution in [2.75, 3.05) is 13.6 Å². The van der Waals surface area contributed by atoms with Crippen molar-refractivity contribution in [2.24, 2.45) is 4.99 Å². The van der Waals surface area contributed by atoms with Crippen LogP contribution in [-0.4, -0.2) is 39.2 Å². The molecular weight excluding hydrogens is 415 g/mol. The minimum atomic E-state index is 0. The summed E-state index contributed by atoms with van der Waals surface area (Å²) in [6, 6.07) is 8.43. The number of halogens is 1. The second-order valence-electron chi connectivity index (χ2n) is 5.49. The van der Waals surface area contributed by atoms with E-state index >= 15 is 0 Å². The summed E-state index contributed by atoms with van der Waals surface area (Å²) in [5.41, 5.74) is 2.60. The molecule has 1 aromatic heterocycles. The Bertz CT molecular complexity index is 652. The number of nitrogens with zero attached hydrogens (tertiary/aromatic N) is 5. The van der Waals surface area contributed by atoms with Crippen LogP contribution in [0.3, 0.4) is 0 Å². The van der Waals surface area contributed by atoms with Gasteiger partial charge in [-0.1, -0.05) is 24.3 Å². The van der Waals surface area contributed by atoms with E-state index in [0.29, 0.717) is 6.54 Å². The van der Waals surface area contributed by atoms with Gasteiger partial charge in [0.25, 0.3) is 0 Å². The van der Waals surface area contributed by atoms with Gasteiger partial charge in [0.1, 0.15) is 12.9 Å². The second kappa shape index (κ2) is 10.3. The van der Waals surface area contributed by atoms with Gasteiger partial charge in [-0.3, -0.25) is 0 Å². The molecule has 2 aromatic rings. The molecule has 0 unspecified atom stereocenters. The maximum absolute atomic E-state index is 4.70. The third-order valence-electron chi connectivity index (χ3n) is 3.77. The van der Waals surface area contributed by atoms with Crippen molar-refractivity contribution in [1.82, 2.24) is 25.0 Å². The van der Waals surface area contributed by atoms with Gasteiger partial charge >= 0.3 is 0 Å². The standard InChI is InChI=1S/C17H26N6.HI/c1-5-18-17(19-11-16-21-20-13-23(16)6-2)22(4)12-15-10-8-7-9-14(15)3;/h7-10,13H,5-6,11-12H2,1-4H3,(H,18,19);1H. The molecule has 0 saturated carbocycles. The number of rotatable bonds is 6. The Labute approximate surface area is 161 Å². The van der Waals surface area contributed by atoms with E-state index in [0.717, 1.165) is 31.4 Å². The Kier molecular flexibility index (Phi) is 8.73. The van der Waals surface area contributed by atoms with Crippen LogP contribution in [0.2, 0.25) is 0 Å². The van der Waals surface area contributed by atoms with E-state index in [2.05, 4.69) is 72.5 Å². The summed E-state index contributed by atoms with van der Waals surface area (Å²) >= 11 is 0. The molecule has 132 valence electrons. The second-order valence-corrected chi connectivity index (χ2v) is 5.49. The Hall–Kier alpha value is -1.64. The summed E-state index contributed by atoms with van der Waals surface area (Å²) < 4.78 is 2.01. The van der Waals surface area contributed by atoms with Crippen LogP contribution in [0, 0.1) is 6.92 Å². The average Bonchev–Trinajstić information content (AvgIpc) is 3.01. The summed E-state index contributed by atoms with van der Waals surface area (Å²) in [7, 11) is 2.05. The van der Waals surface area contributed by atoms with Crippen molar-refractivity contribution in [3.05, 3.63) is 47.5 Å². The van der Waals surface area contributed by atoms with Gasteiger partial charge in [0.05, 0.1) is 0 Å². The van der Waals surface area contributed by atoms with Gasteiger partial charge in [-0.05, 0) is 31.9 Å². The first-order chi connectivity index (χ1) is 11.2. The maximum Gasteiger partial charge on any atom is 0.194 e. The van der Waals surface area contributed by atoms with E-state index in [1.165, 1.54) is 11.1 Å². The van der Waals surface area contributed by atoms with E-state index < -0.39 is 0 Å². The van der Waals surface area contributed by atoms with Crippen molar-refractivity contribution >= 4 is 29.9 Å². The van der Waals surface area contributed by atoms with E-state index in [-0.39, 0.29) is 24.0 Å². The van der Waals surface area contributed by atoms with Gasteiger partial charge in [-0.25, -0.2) is 4.99 Å². The fourth-order valence-electron chi connectivity index (χ4n) is 2.40. The summed E-state index contributed by atoms with van der Waals surface area (Å²) in [6.45, 7) is 9.31. The highest BCUT2D eigenvalue weighted by Gasteiger charge is 2.09. The number of hydrogen-bond donors (Lipinski definition) is 1. The highest BCUT2D eigenvalue weighted by molar-refractivity contribution is 14.0. The molecule has 24 heavy (non-hydrogen) atoms. The number of nitrogens with one attached hydrogen (secondary N) is 1. The van der Waals surface area contributed by atoms with Crippen LogP contribution in [0.4, 0.5) is 0 Å². The van der Waals surface area contributed by atoms with E-state index in [1.807, 2.05) is 4.57 Å². The number of hydrogen-bond acceptors (Lipinski definition) is 3. The summed E-state index contributed by atoms with van der Waals surface area (Å²) in [5.74, 6) is 1.76. The third kappa shape index (κ3) is 5.47. The fourth-order valence-corrected chi connectivity index (χ4v) is 2.40. The van der Waals surface area contributed by atoms with Gasteiger partial charge in [-0.15, -0.1) is 34.2 Å². The van der Waals surface area contributed by atoms with E-state index in [9.17, 15) is 0 Å². The zero-order valence-electron chi connectivity index (χ0n) is 14.9. The Morgan fingerprint density at radius 2 is 2.04 bits per heavy atom. The number of benzene rings is 1. The zero-order chi connectivity index (χ0) is 16.7. The molecule has 0 atom stereocenters. The number of aryl methyl sites for hydroxylation is 2. The molecule has 0 amide bonds. The van der Waals surface area contributed by atoms with E-state index in [4.69, 9.17) is 4.99 Å². The molecule has 0 spiro atoms. The Balaban J connectivity index is 0.00000288. The van der Waals surface area contributed by atoms with Gasteiger partial charge in [0, 0.05) is 26.7 Å². The molecule has 0 bridgehead atoms. The highest BCUT2D eigenvalue weighted by atomic mass is 127. The molecule has 0 saturated heterocycles. The lowest BCUT2D eigenvalue weighted by Gasteiger charge is -2.23. The average molecular weight is 442 g/mol. The number of aliphatic imine (C=N–C) groups is 1. The topological polar surface area (TPSA) is 58.3 Å². The smallest absolute Gasteiger partial charge is 0.194 e. The van der Waals surface area contributed by atoms with Gasteiger partial charge in [0.15, 0.2) is 11.8 Å². The predicted octanol–water partition coefficient (Wildman–Crippen LogP) is 2.82. The van der Waals surface area contributed by atoms with Crippen LogP contribution >= 0.6 is 24.0 Å². The van der Waals surface area contributed by atoms with Crippen LogP contribution in [-0.2, 0) is 19.6 Å². The van der Waals surface area contributed by atoms with Crippen molar-refractivity contribution in [3.63, 3.8) is 0 Å². The molecule has 0 aliphatic carbocycles. The quantitative estimate of drug-likeness (QED) is 0.425. The van der Waals surface area contributed by atoms with Crippen LogP contribution < -0.4 is 5.32 Å². The van der Waals surface area contributed by atoms with Gasteiger partial charge in [0.2, 0.25) is 0 Å². The minimum Gasteiger partial charge on any atom is -0.357 e. The number of guanidine groups is 1. The highest BCUT2D eigenvalue weighted by Crippen LogP contribution is 2.10. The van der Waals surface area contributed by atoms with Gasteiger partial charge in [-0.2, -0.15) is 0 Å². The fraction of sp³-hybridized carbons (Fsp3) is 0.471. The lowest BCUT2D eigenvalue weighted by Crippen LogP contribution is -2.38. The third-order valence-corrected chi connectivity index (χ3v) is 3.77. The summed E-state index contributed by atoms with van der Waals surface area (Å²) in [6.07, 6.45) is 1.74. The molecule has 6 nitrogen and oxygen atoms in total. The Morgan fingerprint density at radius 1 is 1.29 bits per heavy atom. The molecule has 0 radical (unpaired) electrons. The summed E-state index contributed by atoms with van der Waals surface area (Å²) in [5, 5.41) is 11.4. The minimum absolute atomic E-state index is 0. The normalized spacial score (nSPS) is 11.1. The molecule has 0 fully saturated rings. The van der Waals surface area contributed by atoms with Crippen molar-refractivity contribution in [2.45, 2.75) is 40.4 Å². The first kappa shape index (κ1) is 20.4. The monoisotopic (exact) mass is 442 g/mol. The zero-order valence-corrected chi connectivity index (χ0v) is 17.2. The van der Waals surface area contributed by atoms with Crippen molar-refractivity contribution in [3.8, 4) is 0 Å². The molecule has 0 aliphatic heterocycles. The lowest BCUT2D eigenvalue weighted by atomic mass is 10.1. The Morgan fingerprint density at radius 3 is 2.71 bits per heavy atom. The van der Waals surface area contributed by atoms with Crippen LogP contribution in [0.1, 0.15) is 30.8 Å². The lowest BCUT2D eigenvalue weighted by molar-refractivity contribution is 0.474. The predicted molar refractivity (Wildman–Crippen MR) is 109 cm³/mol. The molecule has 7 heteroatoms. The van der Waals surface area contributed by atoms with Gasteiger partial charge < -0.3 is 14.8 Å². The largest absolute Gasteiger partial charge is 0.357 e. The van der Waals surface area contributed by atoms with Crippen molar-refractivity contribution < 1.29 is 0 Å². The molecule has 1 heterocycles. The van der Waals surface area contributed by atoms with E-state index in [1.54, 1.807) is 6.33 Å². The first-order valence-electron chi connectivity index (χ1n) is 8.06. The van der Waals surface area contributed by atoms with Crippen LogP contribution in [0.15, 0.2) is 35.6 Å². The summed E-state index contributed by atoms with van der Waals surface area (Å²) in [4.78, 5) is 6.84. The van der Waals surface area contributed by atoms with Crippen molar-refractivity contribution in [1.29, 1.82) is 0 Å². The number of aromatic nitrogens is 3. The molecule has 1 aromatic carbocycles. The molecule has 0 aliphatic rings. The first-order valence-corrected chi connectivity index (χ1v) is 8.06. The molecular formula is C17H27IN6. The van der Waals surface area contributed by atoms with Crippen LogP contribution in [0.5, 0.6) is 0 Å². The maximum atomic E-state index is 4.70. The molecule has 2 rings (SSSR count).